The van der Waals surface area contributed by atoms with Crippen LogP contribution in [-0.2, 0) is 4.79 Å². The minimum absolute atomic E-state index is 0.163. The van der Waals surface area contributed by atoms with Gasteiger partial charge < -0.3 is 10.0 Å². The molecule has 3 rings (SSSR count). The number of aromatic amines is 1. The summed E-state index contributed by atoms with van der Waals surface area (Å²) in [6.07, 6.45) is 0.584. The number of aromatic nitrogens is 2. The maximum absolute atomic E-state index is 11.8. The minimum atomic E-state index is -0.795. The second-order valence-corrected chi connectivity index (χ2v) is 5.21. The second kappa shape index (κ2) is 4.09. The number of thiophene rings is 1. The zero-order chi connectivity index (χ0) is 12.7. The number of carbonyl (C=O) groups is 1. The zero-order valence-corrected chi connectivity index (χ0v) is 10.2. The molecule has 0 unspecified atom stereocenters. The third-order valence-electron chi connectivity index (χ3n) is 3.14. The molecule has 1 fully saturated rings. The van der Waals surface area contributed by atoms with E-state index < -0.39 is 5.97 Å². The average molecular weight is 265 g/mol. The minimum Gasteiger partial charge on any atom is -0.481 e. The van der Waals surface area contributed by atoms with Crippen molar-refractivity contribution in [3.05, 3.63) is 21.8 Å². The molecule has 1 saturated heterocycles. The molecule has 1 atom stereocenters. The largest absolute Gasteiger partial charge is 0.481 e. The van der Waals surface area contributed by atoms with Crippen LogP contribution in [0, 0.1) is 5.92 Å². The van der Waals surface area contributed by atoms with Gasteiger partial charge in [0, 0.05) is 13.1 Å². The Morgan fingerprint density at radius 2 is 2.44 bits per heavy atom. The van der Waals surface area contributed by atoms with Crippen molar-refractivity contribution in [3.63, 3.8) is 0 Å². The van der Waals surface area contributed by atoms with E-state index >= 15 is 0 Å². The van der Waals surface area contributed by atoms with E-state index in [0.29, 0.717) is 35.7 Å². The molecule has 0 amide bonds. The Morgan fingerprint density at radius 3 is 3.17 bits per heavy atom. The normalized spacial score (nSPS) is 19.6. The lowest BCUT2D eigenvalue weighted by molar-refractivity contribution is -0.140. The summed E-state index contributed by atoms with van der Waals surface area (Å²) in [6, 6.07) is 1.80. The van der Waals surface area contributed by atoms with Crippen LogP contribution in [0.5, 0.6) is 0 Å². The highest BCUT2D eigenvalue weighted by atomic mass is 32.1. The quantitative estimate of drug-likeness (QED) is 0.842. The summed E-state index contributed by atoms with van der Waals surface area (Å²) in [5.74, 6) is -0.709. The van der Waals surface area contributed by atoms with Crippen molar-refractivity contribution in [2.45, 2.75) is 6.42 Å². The fourth-order valence-electron chi connectivity index (χ4n) is 2.16. The van der Waals surface area contributed by atoms with Crippen LogP contribution in [0.25, 0.3) is 10.2 Å². The van der Waals surface area contributed by atoms with Crippen LogP contribution in [0.2, 0.25) is 0 Å². The molecule has 0 saturated carbocycles. The van der Waals surface area contributed by atoms with E-state index in [1.54, 1.807) is 6.07 Å². The number of hydrogen-bond donors (Lipinski definition) is 2. The van der Waals surface area contributed by atoms with E-state index in [4.69, 9.17) is 5.11 Å². The summed E-state index contributed by atoms with van der Waals surface area (Å²) in [4.78, 5) is 31.6. The molecule has 2 aromatic heterocycles. The Kier molecular flexibility index (Phi) is 2.55. The number of H-pyrrole nitrogens is 1. The zero-order valence-electron chi connectivity index (χ0n) is 9.42. The van der Waals surface area contributed by atoms with Gasteiger partial charge in [-0.25, -0.2) is 4.98 Å². The smallest absolute Gasteiger partial charge is 0.308 e. The van der Waals surface area contributed by atoms with E-state index in [9.17, 15) is 9.59 Å². The number of anilines is 1. The van der Waals surface area contributed by atoms with Crippen LogP contribution in [0.3, 0.4) is 0 Å². The number of nitrogens with one attached hydrogen (secondary N) is 1. The first kappa shape index (κ1) is 11.2. The Morgan fingerprint density at radius 1 is 1.61 bits per heavy atom. The summed E-state index contributed by atoms with van der Waals surface area (Å²) in [6.45, 7) is 1.00. The lowest BCUT2D eigenvalue weighted by Crippen LogP contribution is -2.26. The molecule has 0 radical (unpaired) electrons. The van der Waals surface area contributed by atoms with E-state index in [-0.39, 0.29) is 11.5 Å². The molecule has 7 heteroatoms. The molecule has 1 aliphatic rings. The van der Waals surface area contributed by atoms with Gasteiger partial charge in [-0.3, -0.25) is 14.6 Å². The van der Waals surface area contributed by atoms with Crippen molar-refractivity contribution in [3.8, 4) is 0 Å². The molecule has 3 heterocycles. The molecule has 1 aliphatic heterocycles. The highest BCUT2D eigenvalue weighted by Gasteiger charge is 2.29. The van der Waals surface area contributed by atoms with E-state index in [0.717, 1.165) is 0 Å². The van der Waals surface area contributed by atoms with Crippen LogP contribution >= 0.6 is 11.3 Å². The summed E-state index contributed by atoms with van der Waals surface area (Å²) >= 11 is 1.35. The number of nitrogens with zero attached hydrogens (tertiary/aromatic N) is 2. The van der Waals surface area contributed by atoms with Gasteiger partial charge in [0.2, 0.25) is 5.95 Å². The fraction of sp³-hybridized carbons (Fsp3) is 0.364. The van der Waals surface area contributed by atoms with Crippen molar-refractivity contribution < 1.29 is 9.90 Å². The number of rotatable bonds is 2. The molecule has 0 aromatic carbocycles. The first-order valence-electron chi connectivity index (χ1n) is 5.60. The molecule has 94 valence electrons. The standard InChI is InChI=1S/C11H11N3O3S/c15-9-8-7(2-4-18-8)12-11(13-9)14-3-1-6(5-14)10(16)17/h2,4,6H,1,3,5H2,(H,16,17)(H,12,13,15)/t6-/m1/s1. The Bertz CT molecular complexity index is 663. The molecule has 18 heavy (non-hydrogen) atoms. The van der Waals surface area contributed by atoms with Crippen LogP contribution < -0.4 is 10.5 Å². The van der Waals surface area contributed by atoms with Crippen molar-refractivity contribution in [2.75, 3.05) is 18.0 Å². The molecule has 0 aliphatic carbocycles. The molecule has 2 N–H and O–H groups in total. The van der Waals surface area contributed by atoms with Crippen molar-refractivity contribution in [1.29, 1.82) is 0 Å². The lowest BCUT2D eigenvalue weighted by atomic mass is 10.1. The fourth-order valence-corrected chi connectivity index (χ4v) is 2.89. The summed E-state index contributed by atoms with van der Waals surface area (Å²) in [5.41, 5.74) is 0.501. The van der Waals surface area contributed by atoms with Gasteiger partial charge in [-0.05, 0) is 17.9 Å². The van der Waals surface area contributed by atoms with Crippen LogP contribution in [0.15, 0.2) is 16.2 Å². The summed E-state index contributed by atoms with van der Waals surface area (Å²) in [7, 11) is 0. The predicted molar refractivity (Wildman–Crippen MR) is 68.2 cm³/mol. The number of carboxylic acid groups (broad SMARTS) is 1. The Labute approximate surface area is 106 Å². The van der Waals surface area contributed by atoms with Crippen molar-refractivity contribution >= 4 is 33.5 Å². The van der Waals surface area contributed by atoms with Gasteiger partial charge in [0.25, 0.3) is 5.56 Å². The maximum Gasteiger partial charge on any atom is 0.308 e. The van der Waals surface area contributed by atoms with Gasteiger partial charge in [-0.2, -0.15) is 0 Å². The summed E-state index contributed by atoms with van der Waals surface area (Å²) < 4.78 is 0.604. The number of fused-ring (bicyclic) bond motifs is 1. The van der Waals surface area contributed by atoms with Crippen LogP contribution in [0.1, 0.15) is 6.42 Å². The summed E-state index contributed by atoms with van der Waals surface area (Å²) in [5, 5.41) is 10.8. The third kappa shape index (κ3) is 1.76. The highest BCUT2D eigenvalue weighted by Crippen LogP contribution is 2.22. The lowest BCUT2D eigenvalue weighted by Gasteiger charge is -2.15. The van der Waals surface area contributed by atoms with Gasteiger partial charge in [-0.1, -0.05) is 0 Å². The number of carboxylic acids is 1. The molecule has 2 aromatic rings. The van der Waals surface area contributed by atoms with Gasteiger partial charge in [0.15, 0.2) is 0 Å². The van der Waals surface area contributed by atoms with E-state index in [1.165, 1.54) is 11.3 Å². The van der Waals surface area contributed by atoms with Gasteiger partial charge in [0.1, 0.15) is 4.70 Å². The van der Waals surface area contributed by atoms with Crippen molar-refractivity contribution in [2.24, 2.45) is 5.92 Å². The molecule has 6 nitrogen and oxygen atoms in total. The molecule has 0 spiro atoms. The van der Waals surface area contributed by atoms with E-state index in [2.05, 4.69) is 9.97 Å². The highest BCUT2D eigenvalue weighted by molar-refractivity contribution is 7.17. The van der Waals surface area contributed by atoms with Gasteiger partial charge in [-0.15, -0.1) is 11.3 Å². The van der Waals surface area contributed by atoms with Crippen LogP contribution in [0.4, 0.5) is 5.95 Å². The first-order valence-corrected chi connectivity index (χ1v) is 6.48. The second-order valence-electron chi connectivity index (χ2n) is 4.29. The van der Waals surface area contributed by atoms with Crippen LogP contribution in [-0.4, -0.2) is 34.1 Å². The third-order valence-corrected chi connectivity index (χ3v) is 4.04. The van der Waals surface area contributed by atoms with Crippen molar-refractivity contribution in [1.82, 2.24) is 9.97 Å². The SMILES string of the molecule is O=C(O)[C@@H]1CCN(c2nc3ccsc3c(=O)[nH]2)C1. The van der Waals surface area contributed by atoms with Gasteiger partial charge in [0.05, 0.1) is 11.4 Å². The first-order chi connectivity index (χ1) is 8.65. The monoisotopic (exact) mass is 265 g/mol. The average Bonchev–Trinajstić information content (AvgIpc) is 2.97. The Hall–Kier alpha value is -1.89. The number of aliphatic carboxylic acids is 1. The molecular weight excluding hydrogens is 254 g/mol. The number of hydrogen-bond acceptors (Lipinski definition) is 5. The maximum atomic E-state index is 11.8. The van der Waals surface area contributed by atoms with Gasteiger partial charge >= 0.3 is 5.97 Å². The predicted octanol–water partition coefficient (Wildman–Crippen LogP) is 0.895. The van der Waals surface area contributed by atoms with E-state index in [1.807, 2.05) is 10.3 Å². The topological polar surface area (TPSA) is 86.3 Å². The molecule has 0 bridgehead atoms. The Balaban J connectivity index is 1.96. The molecular formula is C11H11N3O3S.